The first-order valence-electron chi connectivity index (χ1n) is 19.8. The minimum Gasteiger partial charge on any atom is -0.465 e. The third-order valence-electron chi connectivity index (χ3n) is 12.1. The number of hydrogen-bond acceptors (Lipinski definition) is 11. The van der Waals surface area contributed by atoms with Gasteiger partial charge in [-0.05, 0) is 99.5 Å². The highest BCUT2D eigenvalue weighted by molar-refractivity contribution is 9.10. The third-order valence-corrected chi connectivity index (χ3v) is 12.7. The molecule has 22 heteroatoms. The number of fused-ring (bicyclic) bond motifs is 6. The SMILES string of the molecule is CC(C)(C)OC(=O)N1CCC2(CCc3c2c(=O)n2nc(Br)nc2n3CC(=O)Nc2ccc(C(F)(F)F)cc2Cl)CC1.O=C(O)N1CCC2(C=CC3=NC4NCNN4C=C32)CC1. The molecular weight excluding hydrogens is 891 g/mol. The van der Waals surface area contributed by atoms with Crippen LogP contribution in [0.25, 0.3) is 5.78 Å². The van der Waals surface area contributed by atoms with E-state index in [9.17, 15) is 32.3 Å². The van der Waals surface area contributed by atoms with E-state index in [4.69, 9.17) is 26.4 Å². The lowest BCUT2D eigenvalue weighted by Gasteiger charge is -2.39. The van der Waals surface area contributed by atoms with Gasteiger partial charge in [0.2, 0.25) is 16.4 Å². The maximum Gasteiger partial charge on any atom is 0.416 e. The van der Waals surface area contributed by atoms with Crippen molar-refractivity contribution in [2.24, 2.45) is 10.4 Å². The highest BCUT2D eigenvalue weighted by Crippen LogP contribution is 2.47. The number of ether oxygens (including phenoxy) is 1. The fourth-order valence-corrected chi connectivity index (χ4v) is 9.55. The van der Waals surface area contributed by atoms with Crippen LogP contribution in [0.1, 0.15) is 69.7 Å². The first-order chi connectivity index (χ1) is 28.8. The Morgan fingerprint density at radius 2 is 1.77 bits per heavy atom. The van der Waals surface area contributed by atoms with E-state index >= 15 is 0 Å². The summed E-state index contributed by atoms with van der Waals surface area (Å²) in [7, 11) is 0. The lowest BCUT2D eigenvalue weighted by Crippen LogP contribution is -2.47. The summed E-state index contributed by atoms with van der Waals surface area (Å²) in [4.78, 5) is 62.6. The van der Waals surface area contributed by atoms with Crippen LogP contribution in [-0.4, -0.2) is 108 Å². The minimum absolute atomic E-state index is 0.0204. The van der Waals surface area contributed by atoms with Crippen molar-refractivity contribution in [2.75, 3.05) is 38.2 Å². The van der Waals surface area contributed by atoms with E-state index in [2.05, 4.69) is 60.4 Å². The zero-order valence-corrected chi connectivity index (χ0v) is 35.8. The lowest BCUT2D eigenvalue weighted by molar-refractivity contribution is -0.137. The van der Waals surface area contributed by atoms with Crippen LogP contribution in [0.4, 0.5) is 28.4 Å². The number of likely N-dealkylation sites (tertiary alicyclic amines) is 2. The molecule has 6 aliphatic rings. The number of alkyl halides is 3. The van der Waals surface area contributed by atoms with Crippen LogP contribution in [0.5, 0.6) is 0 Å². The number of carboxylic acid groups (broad SMARTS) is 1. The predicted octanol–water partition coefficient (Wildman–Crippen LogP) is 5.49. The molecule has 1 atom stereocenters. The zero-order chi connectivity index (χ0) is 43.6. The Bertz CT molecular complexity index is 2450. The molecule has 0 saturated carbocycles. The smallest absolute Gasteiger partial charge is 0.416 e. The second kappa shape index (κ2) is 15.7. The van der Waals surface area contributed by atoms with Gasteiger partial charge in [-0.2, -0.15) is 22.7 Å². The molecule has 4 N–H and O–H groups in total. The van der Waals surface area contributed by atoms with Crippen LogP contribution in [0.2, 0.25) is 5.02 Å². The number of carbonyl (C=O) groups is 3. The molecular formula is C39H44BrClF3N11O6. The van der Waals surface area contributed by atoms with E-state index in [0.29, 0.717) is 69.8 Å². The number of aromatic nitrogens is 4. The van der Waals surface area contributed by atoms with Gasteiger partial charge in [-0.3, -0.25) is 19.9 Å². The normalized spacial score (nSPS) is 21.1. The Kier molecular flexibility index (Phi) is 11.0. The number of anilines is 1. The number of aliphatic imine (C=N–C) groups is 1. The second-order valence-electron chi connectivity index (χ2n) is 16.9. The largest absolute Gasteiger partial charge is 0.465 e. The maximum atomic E-state index is 13.7. The number of benzene rings is 1. The lowest BCUT2D eigenvalue weighted by atomic mass is 9.74. The third kappa shape index (κ3) is 8.23. The molecule has 61 heavy (non-hydrogen) atoms. The van der Waals surface area contributed by atoms with E-state index in [1.807, 2.05) is 5.01 Å². The molecule has 1 aromatic carbocycles. The Balaban J connectivity index is 0.000000212. The number of nitrogens with zero attached hydrogens (tertiary/aromatic N) is 8. The van der Waals surface area contributed by atoms with Gasteiger partial charge in [0.25, 0.3) is 5.56 Å². The Morgan fingerprint density at radius 3 is 2.43 bits per heavy atom. The van der Waals surface area contributed by atoms with E-state index in [1.165, 1.54) is 10.5 Å². The van der Waals surface area contributed by atoms with Crippen LogP contribution in [0.3, 0.4) is 0 Å². The fraction of sp³-hybridized carbons (Fsp3) is 0.513. The number of carbonyl (C=O) groups excluding carboxylic acids is 2. The number of allylic oxidation sites excluding steroid dienone is 3. The van der Waals surface area contributed by atoms with E-state index in [0.717, 1.165) is 41.3 Å². The van der Waals surface area contributed by atoms with Crippen molar-refractivity contribution < 1.29 is 37.4 Å². The summed E-state index contributed by atoms with van der Waals surface area (Å²) in [6.07, 6.45) is 4.44. The predicted molar refractivity (Wildman–Crippen MR) is 220 cm³/mol. The number of piperidine rings is 2. The molecule has 3 saturated heterocycles. The van der Waals surface area contributed by atoms with Gasteiger partial charge in [-0.25, -0.2) is 20.0 Å². The molecule has 1 unspecified atom stereocenters. The van der Waals surface area contributed by atoms with Crippen molar-refractivity contribution in [3.63, 3.8) is 0 Å². The molecule has 9 rings (SSSR count). The van der Waals surface area contributed by atoms with Gasteiger partial charge in [-0.15, -0.1) is 5.10 Å². The number of rotatable bonds is 3. The quantitative estimate of drug-likeness (QED) is 0.260. The summed E-state index contributed by atoms with van der Waals surface area (Å²) in [5.41, 5.74) is 4.21. The van der Waals surface area contributed by atoms with Crippen LogP contribution >= 0.6 is 27.5 Å². The van der Waals surface area contributed by atoms with E-state index < -0.39 is 40.8 Å². The topological polar surface area (TPSA) is 191 Å². The van der Waals surface area contributed by atoms with Crippen LogP contribution in [0.15, 0.2) is 56.6 Å². The minimum atomic E-state index is -4.58. The van der Waals surface area contributed by atoms with Gasteiger partial charge in [-0.1, -0.05) is 17.7 Å². The number of nitrogens with one attached hydrogen (secondary N) is 3. The first kappa shape index (κ1) is 42.7. The molecule has 4 aliphatic heterocycles. The summed E-state index contributed by atoms with van der Waals surface area (Å²) in [6, 6.07) is 2.67. The monoisotopic (exact) mass is 933 g/mol. The van der Waals surface area contributed by atoms with Crippen molar-refractivity contribution >= 4 is 62.8 Å². The number of hydrazine groups is 1. The van der Waals surface area contributed by atoms with Crippen LogP contribution in [-0.2, 0) is 34.1 Å². The van der Waals surface area contributed by atoms with Crippen LogP contribution < -0.4 is 21.6 Å². The van der Waals surface area contributed by atoms with E-state index in [1.54, 1.807) is 30.2 Å². The number of hydrogen-bond donors (Lipinski definition) is 4. The summed E-state index contributed by atoms with van der Waals surface area (Å²) in [5.74, 6) is -0.420. The average Bonchev–Trinajstić information content (AvgIpc) is 3.98. The highest BCUT2D eigenvalue weighted by atomic mass is 79.9. The summed E-state index contributed by atoms with van der Waals surface area (Å²) in [5, 5.41) is 20.8. The molecule has 2 aliphatic carbocycles. The van der Waals surface area contributed by atoms with Crippen LogP contribution in [0, 0.1) is 5.41 Å². The van der Waals surface area contributed by atoms with Gasteiger partial charge in [0, 0.05) is 60.0 Å². The number of halogens is 5. The first-order valence-corrected chi connectivity index (χ1v) is 21.0. The van der Waals surface area contributed by atoms with Crippen molar-refractivity contribution in [3.8, 4) is 0 Å². The summed E-state index contributed by atoms with van der Waals surface area (Å²) < 4.78 is 47.5. The van der Waals surface area contributed by atoms with Gasteiger partial charge in [0.1, 0.15) is 12.1 Å². The molecule has 3 aromatic rings. The number of amides is 3. The molecule has 0 radical (unpaired) electrons. The van der Waals surface area contributed by atoms with Gasteiger partial charge >= 0.3 is 18.4 Å². The summed E-state index contributed by atoms with van der Waals surface area (Å²) in [6.45, 7) is 7.81. The molecule has 2 aromatic heterocycles. The zero-order valence-electron chi connectivity index (χ0n) is 33.5. The molecule has 6 heterocycles. The fourth-order valence-electron chi connectivity index (χ4n) is 9.01. The average molecular weight is 935 g/mol. The Labute approximate surface area is 360 Å². The highest BCUT2D eigenvalue weighted by Gasteiger charge is 2.47. The second-order valence-corrected chi connectivity index (χ2v) is 18.0. The van der Waals surface area contributed by atoms with Gasteiger partial charge in [0.15, 0.2) is 6.29 Å². The Hall–Kier alpha value is -4.99. The molecule has 0 bridgehead atoms. The maximum absolute atomic E-state index is 13.7. The van der Waals surface area contributed by atoms with Crippen molar-refractivity contribution in [2.45, 2.75) is 89.3 Å². The van der Waals surface area contributed by atoms with Gasteiger partial charge in [0.05, 0.1) is 28.7 Å². The van der Waals surface area contributed by atoms with Gasteiger partial charge < -0.3 is 29.5 Å². The molecule has 17 nitrogen and oxygen atoms in total. The Morgan fingerprint density at radius 1 is 1.07 bits per heavy atom. The van der Waals surface area contributed by atoms with Crippen molar-refractivity contribution in [1.82, 2.24) is 44.7 Å². The molecule has 3 fully saturated rings. The van der Waals surface area contributed by atoms with E-state index in [-0.39, 0.29) is 45.0 Å². The van der Waals surface area contributed by atoms with Crippen molar-refractivity contribution in [1.29, 1.82) is 0 Å². The van der Waals surface area contributed by atoms with Crippen molar-refractivity contribution in [3.05, 3.63) is 79.1 Å². The molecule has 3 amide bonds. The standard InChI is InChI=1S/C26H27BrClF3N6O4.C13H17N5O2/c1-24(2,3)41-23(40)35-10-8-25(9-11-35)7-6-17-19(25)20(39)37-22(33-21(27)34-37)36(17)13-18(38)32-16-5-4-14(12-15(16)28)26(29,30)31;19-12(20)17-5-3-13(4-6-17)2-1-10-9(13)7-18-11(16-10)14-8-15-18/h4-5,12H,6-11,13H2,1-3H3,(H,32,38);1-2,7,11,14-15H,3-6,8H2,(H,19,20). The summed E-state index contributed by atoms with van der Waals surface area (Å²) >= 11 is 9.24. The molecule has 326 valence electrons. The molecule has 2 spiro atoms.